The first-order valence-corrected chi connectivity index (χ1v) is 12.3. The third-order valence-corrected chi connectivity index (χ3v) is 5.87. The van der Waals surface area contributed by atoms with Crippen molar-refractivity contribution in [2.45, 2.75) is 33.1 Å². The first kappa shape index (κ1) is 28.6. The molecule has 2 N–H and O–H groups in total. The van der Waals surface area contributed by atoms with Crippen LogP contribution >= 0.6 is 0 Å². The summed E-state index contributed by atoms with van der Waals surface area (Å²) in [4.78, 5) is 30.1. The van der Waals surface area contributed by atoms with E-state index in [4.69, 9.17) is 0 Å². The first-order valence-electron chi connectivity index (χ1n) is 12.3. The number of halogens is 4. The molecule has 0 fully saturated rings. The van der Waals surface area contributed by atoms with E-state index in [9.17, 15) is 27.2 Å². The van der Waals surface area contributed by atoms with Gasteiger partial charge < -0.3 is 19.8 Å². The molecule has 0 aliphatic rings. The Morgan fingerprint density at radius 3 is 2.55 bits per heavy atom. The Bertz CT molecular complexity index is 1580. The maximum Gasteiger partial charge on any atom is 0.406 e. The number of benzene rings is 1. The summed E-state index contributed by atoms with van der Waals surface area (Å²) in [6.45, 7) is 3.17. The molecule has 1 amide bonds. The molecule has 0 saturated carbocycles. The Balaban J connectivity index is 1.66. The molecule has 0 aliphatic heterocycles. The number of carbonyl (C=O) groups excluding carboxylic acids is 1. The predicted molar refractivity (Wildman–Crippen MR) is 141 cm³/mol. The van der Waals surface area contributed by atoms with E-state index in [1.165, 1.54) is 36.8 Å². The first-order chi connectivity index (χ1) is 18.9. The Morgan fingerprint density at radius 2 is 1.88 bits per heavy atom. The molecule has 0 spiro atoms. The van der Waals surface area contributed by atoms with Gasteiger partial charge in [0.2, 0.25) is 0 Å². The van der Waals surface area contributed by atoms with Crippen molar-refractivity contribution in [3.63, 3.8) is 0 Å². The lowest BCUT2D eigenvalue weighted by Gasteiger charge is -2.15. The molecule has 0 bridgehead atoms. The molecule has 9 nitrogen and oxygen atoms in total. The fourth-order valence-corrected chi connectivity index (χ4v) is 4.10. The number of aromatic nitrogens is 5. The smallest absolute Gasteiger partial charge is 0.317 e. The summed E-state index contributed by atoms with van der Waals surface area (Å²) in [5.41, 5.74) is 0.366. The van der Waals surface area contributed by atoms with E-state index in [1.54, 1.807) is 23.7 Å². The summed E-state index contributed by atoms with van der Waals surface area (Å²) in [6.07, 6.45) is -0.683. The maximum atomic E-state index is 14.1. The second kappa shape index (κ2) is 11.8. The van der Waals surface area contributed by atoms with Gasteiger partial charge in [-0.05, 0) is 59.5 Å². The number of pyridine rings is 2. The van der Waals surface area contributed by atoms with Crippen molar-refractivity contribution in [2.24, 2.45) is 13.0 Å². The van der Waals surface area contributed by atoms with Gasteiger partial charge in [0.25, 0.3) is 11.5 Å². The number of hydrogen-bond donors (Lipinski definition) is 2. The third-order valence-electron chi connectivity index (χ3n) is 5.87. The standard InChI is InChI=1S/C27H27F4N7O2/c1-16(2)11-32-12-17-8-22(26(40)38(13-17)14-27(29,30)31)25(39)35-23-9-18(6-7-33-23)20-5-4-19(28)10-21(20)24-36-34-15-37(24)3/h4-10,13,15-16,32H,11-12,14H2,1-3H3,(H,33,35,39). The largest absolute Gasteiger partial charge is 0.406 e. The molecule has 4 aromatic rings. The molecule has 0 saturated heterocycles. The summed E-state index contributed by atoms with van der Waals surface area (Å²) >= 11 is 0. The second-order valence-electron chi connectivity index (χ2n) is 9.67. The Hall–Kier alpha value is -4.39. The molecule has 13 heteroatoms. The van der Waals surface area contributed by atoms with Crippen molar-refractivity contribution in [2.75, 3.05) is 11.9 Å². The Morgan fingerprint density at radius 1 is 1.10 bits per heavy atom. The molecular weight excluding hydrogens is 530 g/mol. The lowest BCUT2D eigenvalue weighted by atomic mass is 9.99. The number of alkyl halides is 3. The van der Waals surface area contributed by atoms with Crippen LogP contribution in [0, 0.1) is 11.7 Å². The third kappa shape index (κ3) is 6.97. The van der Waals surface area contributed by atoms with Crippen LogP contribution in [-0.4, -0.2) is 42.9 Å². The highest BCUT2D eigenvalue weighted by Gasteiger charge is 2.29. The van der Waals surface area contributed by atoms with Crippen molar-refractivity contribution in [1.82, 2.24) is 29.6 Å². The number of hydrogen-bond acceptors (Lipinski definition) is 6. The van der Waals surface area contributed by atoms with Crippen LogP contribution in [0.1, 0.15) is 29.8 Å². The van der Waals surface area contributed by atoms with Crippen LogP contribution in [0.15, 0.2) is 59.9 Å². The zero-order valence-electron chi connectivity index (χ0n) is 22.0. The molecule has 210 valence electrons. The lowest BCUT2D eigenvalue weighted by Crippen LogP contribution is -2.34. The summed E-state index contributed by atoms with van der Waals surface area (Å²) in [5.74, 6) is -0.658. The van der Waals surface area contributed by atoms with E-state index in [-0.39, 0.29) is 18.3 Å². The van der Waals surface area contributed by atoms with Crippen LogP contribution in [0.25, 0.3) is 22.5 Å². The fourth-order valence-electron chi connectivity index (χ4n) is 4.10. The molecule has 40 heavy (non-hydrogen) atoms. The molecule has 0 radical (unpaired) electrons. The summed E-state index contributed by atoms with van der Waals surface area (Å²) < 4.78 is 55.7. The normalized spacial score (nSPS) is 11.7. The minimum atomic E-state index is -4.66. The highest BCUT2D eigenvalue weighted by Crippen LogP contribution is 2.32. The zero-order valence-corrected chi connectivity index (χ0v) is 22.0. The second-order valence-corrected chi connectivity index (χ2v) is 9.67. The van der Waals surface area contributed by atoms with E-state index in [2.05, 4.69) is 25.8 Å². The van der Waals surface area contributed by atoms with Gasteiger partial charge in [0.1, 0.15) is 30.1 Å². The minimum absolute atomic E-state index is 0.0425. The SMILES string of the molecule is CC(C)CNCc1cc(C(=O)Nc2cc(-c3ccc(F)cc3-c3nncn3C)ccn2)c(=O)n(CC(F)(F)F)c1. The van der Waals surface area contributed by atoms with Crippen LogP contribution in [-0.2, 0) is 20.1 Å². The summed E-state index contributed by atoms with van der Waals surface area (Å²) in [5, 5.41) is 13.5. The molecule has 3 heterocycles. The van der Waals surface area contributed by atoms with Gasteiger partial charge in [-0.3, -0.25) is 9.59 Å². The van der Waals surface area contributed by atoms with E-state index in [0.29, 0.717) is 39.2 Å². The van der Waals surface area contributed by atoms with Gasteiger partial charge in [-0.15, -0.1) is 10.2 Å². The summed E-state index contributed by atoms with van der Waals surface area (Å²) in [6, 6.07) is 8.54. The molecule has 0 aliphatic carbocycles. The van der Waals surface area contributed by atoms with Crippen LogP contribution < -0.4 is 16.2 Å². The monoisotopic (exact) mass is 557 g/mol. The van der Waals surface area contributed by atoms with E-state index in [1.807, 2.05) is 13.8 Å². The molecule has 4 rings (SSSR count). The maximum absolute atomic E-state index is 14.1. The number of aryl methyl sites for hydroxylation is 1. The van der Waals surface area contributed by atoms with Gasteiger partial charge in [0.15, 0.2) is 5.82 Å². The van der Waals surface area contributed by atoms with Gasteiger partial charge in [0.05, 0.1) is 0 Å². The highest BCUT2D eigenvalue weighted by molar-refractivity contribution is 6.04. The van der Waals surface area contributed by atoms with Gasteiger partial charge in [0, 0.05) is 31.5 Å². The van der Waals surface area contributed by atoms with Gasteiger partial charge in [-0.2, -0.15) is 13.2 Å². The number of rotatable bonds is 9. The average Bonchev–Trinajstić information content (AvgIpc) is 3.30. The Kier molecular flexibility index (Phi) is 8.43. The molecule has 3 aromatic heterocycles. The predicted octanol–water partition coefficient (Wildman–Crippen LogP) is 4.41. The zero-order chi connectivity index (χ0) is 29.0. The average molecular weight is 558 g/mol. The quantitative estimate of drug-likeness (QED) is 0.296. The van der Waals surface area contributed by atoms with Crippen molar-refractivity contribution >= 4 is 11.7 Å². The van der Waals surface area contributed by atoms with Crippen LogP contribution in [0.5, 0.6) is 0 Å². The van der Waals surface area contributed by atoms with E-state index >= 15 is 0 Å². The fraction of sp³-hybridized carbons (Fsp3) is 0.296. The van der Waals surface area contributed by atoms with Gasteiger partial charge >= 0.3 is 6.18 Å². The van der Waals surface area contributed by atoms with Crippen molar-refractivity contribution in [1.29, 1.82) is 0 Å². The molecule has 1 aromatic carbocycles. The lowest BCUT2D eigenvalue weighted by molar-refractivity contribution is -0.141. The van der Waals surface area contributed by atoms with Crippen molar-refractivity contribution in [3.8, 4) is 22.5 Å². The number of carbonyl (C=O) groups is 1. The number of amides is 1. The molecule has 0 unspecified atom stereocenters. The van der Waals surface area contributed by atoms with E-state index < -0.39 is 35.6 Å². The van der Waals surface area contributed by atoms with Gasteiger partial charge in [-0.1, -0.05) is 19.9 Å². The van der Waals surface area contributed by atoms with Crippen LogP contribution in [0.4, 0.5) is 23.4 Å². The topological polar surface area (TPSA) is 107 Å². The number of nitrogens with zero attached hydrogens (tertiary/aromatic N) is 5. The highest BCUT2D eigenvalue weighted by atomic mass is 19.4. The van der Waals surface area contributed by atoms with Crippen LogP contribution in [0.2, 0.25) is 0 Å². The van der Waals surface area contributed by atoms with Crippen molar-refractivity contribution in [3.05, 3.63) is 82.4 Å². The van der Waals surface area contributed by atoms with Crippen LogP contribution in [0.3, 0.4) is 0 Å². The van der Waals surface area contributed by atoms with Gasteiger partial charge in [-0.25, -0.2) is 9.37 Å². The van der Waals surface area contributed by atoms with Crippen molar-refractivity contribution < 1.29 is 22.4 Å². The minimum Gasteiger partial charge on any atom is -0.317 e. The molecule has 0 atom stereocenters. The number of nitrogens with one attached hydrogen (secondary N) is 2. The van der Waals surface area contributed by atoms with E-state index in [0.717, 1.165) is 6.20 Å². The Labute approximate surface area is 226 Å². The molecular formula is C27H27F4N7O2. The number of anilines is 1. The summed E-state index contributed by atoms with van der Waals surface area (Å²) in [7, 11) is 1.71.